The standard InChI is InChI=1S/C24H18F4N4O2/c1-13-5-3-4-6-18(13)29-21-20(12-17-19(30-21)7-8-32(2)23(17)34)31-22(33)14-9-15(24(26,27)28)11-16(25)10-14/h3-12H,1-2H3,(H,29,30)(H,31,33). The van der Waals surface area contributed by atoms with Crippen molar-refractivity contribution in [2.45, 2.75) is 13.1 Å². The predicted molar refractivity (Wildman–Crippen MR) is 121 cm³/mol. The van der Waals surface area contributed by atoms with Crippen LogP contribution in [0.2, 0.25) is 0 Å². The van der Waals surface area contributed by atoms with Crippen molar-refractivity contribution < 1.29 is 22.4 Å². The Kier molecular flexibility index (Phi) is 5.82. The van der Waals surface area contributed by atoms with Crippen LogP contribution in [0.25, 0.3) is 10.9 Å². The van der Waals surface area contributed by atoms with Gasteiger partial charge in [0.2, 0.25) is 0 Å². The largest absolute Gasteiger partial charge is 0.416 e. The highest BCUT2D eigenvalue weighted by Crippen LogP contribution is 2.32. The zero-order chi connectivity index (χ0) is 24.6. The molecule has 2 aromatic carbocycles. The summed E-state index contributed by atoms with van der Waals surface area (Å²) in [5.41, 5.74) is -0.279. The van der Waals surface area contributed by atoms with E-state index < -0.39 is 29.0 Å². The van der Waals surface area contributed by atoms with Gasteiger partial charge in [0.1, 0.15) is 5.82 Å². The van der Waals surface area contributed by atoms with E-state index in [1.165, 1.54) is 10.6 Å². The van der Waals surface area contributed by atoms with Gasteiger partial charge >= 0.3 is 6.18 Å². The van der Waals surface area contributed by atoms with Crippen LogP contribution in [0.3, 0.4) is 0 Å². The first-order valence-electron chi connectivity index (χ1n) is 10.0. The quantitative estimate of drug-likeness (QED) is 0.392. The minimum atomic E-state index is -4.83. The Bertz CT molecular complexity index is 1480. The topological polar surface area (TPSA) is 76.0 Å². The van der Waals surface area contributed by atoms with Crippen molar-refractivity contribution >= 4 is 34.0 Å². The van der Waals surface area contributed by atoms with E-state index in [1.54, 1.807) is 31.4 Å². The first-order chi connectivity index (χ1) is 16.0. The summed E-state index contributed by atoms with van der Waals surface area (Å²) in [5.74, 6) is -2.04. The Morgan fingerprint density at radius 2 is 1.76 bits per heavy atom. The number of carbonyl (C=O) groups excluding carboxylic acids is 1. The molecule has 10 heteroatoms. The molecule has 174 valence electrons. The Labute approximate surface area is 190 Å². The van der Waals surface area contributed by atoms with Crippen LogP contribution < -0.4 is 16.2 Å². The van der Waals surface area contributed by atoms with Gasteiger partial charge in [0.05, 0.1) is 22.2 Å². The van der Waals surface area contributed by atoms with Crippen LogP contribution in [0.15, 0.2) is 65.6 Å². The number of pyridine rings is 2. The molecular formula is C24H18F4N4O2. The number of aromatic nitrogens is 2. The van der Waals surface area contributed by atoms with Crippen molar-refractivity contribution in [3.63, 3.8) is 0 Å². The van der Waals surface area contributed by atoms with Crippen molar-refractivity contribution in [3.8, 4) is 0 Å². The molecule has 0 spiro atoms. The summed E-state index contributed by atoms with van der Waals surface area (Å²) in [6.45, 7) is 1.85. The van der Waals surface area contributed by atoms with Crippen molar-refractivity contribution in [3.05, 3.63) is 93.7 Å². The number of hydrogen-bond donors (Lipinski definition) is 2. The van der Waals surface area contributed by atoms with Gasteiger partial charge in [-0.2, -0.15) is 13.2 Å². The second-order valence-corrected chi connectivity index (χ2v) is 7.67. The molecule has 2 aromatic heterocycles. The fraction of sp³-hybridized carbons (Fsp3) is 0.125. The molecule has 0 fully saturated rings. The van der Waals surface area contributed by atoms with Gasteiger partial charge in [0.25, 0.3) is 11.5 Å². The van der Waals surface area contributed by atoms with Crippen molar-refractivity contribution in [1.82, 2.24) is 9.55 Å². The second-order valence-electron chi connectivity index (χ2n) is 7.67. The van der Waals surface area contributed by atoms with Crippen LogP contribution in [-0.4, -0.2) is 15.5 Å². The summed E-state index contributed by atoms with van der Waals surface area (Å²) in [6, 6.07) is 11.8. The van der Waals surface area contributed by atoms with Crippen LogP contribution in [0, 0.1) is 12.7 Å². The first kappa shape index (κ1) is 23.0. The van der Waals surface area contributed by atoms with Gasteiger partial charge in [-0.05, 0) is 48.9 Å². The fourth-order valence-electron chi connectivity index (χ4n) is 3.38. The number of carbonyl (C=O) groups is 1. The lowest BCUT2D eigenvalue weighted by molar-refractivity contribution is -0.137. The Morgan fingerprint density at radius 3 is 2.47 bits per heavy atom. The minimum absolute atomic E-state index is 0.0434. The van der Waals surface area contributed by atoms with Crippen LogP contribution in [0.4, 0.5) is 34.8 Å². The molecule has 4 rings (SSSR count). The summed E-state index contributed by atoms with van der Waals surface area (Å²) in [4.78, 5) is 29.8. The molecule has 0 radical (unpaired) electrons. The molecule has 0 atom stereocenters. The van der Waals surface area contributed by atoms with E-state index in [-0.39, 0.29) is 22.5 Å². The van der Waals surface area contributed by atoms with E-state index in [0.29, 0.717) is 29.4 Å². The lowest BCUT2D eigenvalue weighted by atomic mass is 10.1. The molecule has 34 heavy (non-hydrogen) atoms. The average molecular weight is 470 g/mol. The van der Waals surface area contributed by atoms with Crippen molar-refractivity contribution in [1.29, 1.82) is 0 Å². The molecule has 2 N–H and O–H groups in total. The summed E-state index contributed by atoms with van der Waals surface area (Å²) in [7, 11) is 1.55. The molecule has 1 amide bonds. The van der Waals surface area contributed by atoms with E-state index in [1.807, 2.05) is 19.1 Å². The molecular weight excluding hydrogens is 452 g/mol. The third-order valence-corrected chi connectivity index (χ3v) is 5.19. The predicted octanol–water partition coefficient (Wildman–Crippen LogP) is 5.40. The van der Waals surface area contributed by atoms with Crippen LogP contribution in [0.5, 0.6) is 0 Å². The Hall–Kier alpha value is -4.21. The monoisotopic (exact) mass is 470 g/mol. The van der Waals surface area contributed by atoms with Gasteiger partial charge in [0, 0.05) is 24.5 Å². The molecule has 6 nitrogen and oxygen atoms in total. The fourth-order valence-corrected chi connectivity index (χ4v) is 3.38. The number of amides is 1. The molecule has 0 unspecified atom stereocenters. The number of para-hydroxylation sites is 1. The van der Waals surface area contributed by atoms with Gasteiger partial charge in [0.15, 0.2) is 5.82 Å². The number of nitrogens with one attached hydrogen (secondary N) is 2. The minimum Gasteiger partial charge on any atom is -0.338 e. The van der Waals surface area contributed by atoms with Gasteiger partial charge < -0.3 is 15.2 Å². The molecule has 0 bridgehead atoms. The maximum absolute atomic E-state index is 13.8. The highest BCUT2D eigenvalue weighted by atomic mass is 19.4. The highest BCUT2D eigenvalue weighted by molar-refractivity contribution is 6.07. The van der Waals surface area contributed by atoms with E-state index in [0.717, 1.165) is 5.56 Å². The smallest absolute Gasteiger partial charge is 0.338 e. The second kappa shape index (κ2) is 8.62. The van der Waals surface area contributed by atoms with Crippen LogP contribution in [0.1, 0.15) is 21.5 Å². The number of benzene rings is 2. The summed E-state index contributed by atoms with van der Waals surface area (Å²) in [5, 5.41) is 5.73. The molecule has 0 aliphatic rings. The number of nitrogens with zero attached hydrogens (tertiary/aromatic N) is 2. The van der Waals surface area contributed by atoms with E-state index >= 15 is 0 Å². The summed E-state index contributed by atoms with van der Waals surface area (Å²) < 4.78 is 54.4. The number of halogens is 4. The molecule has 0 saturated heterocycles. The zero-order valence-electron chi connectivity index (χ0n) is 18.0. The number of fused-ring (bicyclic) bond motifs is 1. The SMILES string of the molecule is Cc1ccccc1Nc1nc2ccn(C)c(=O)c2cc1NC(=O)c1cc(F)cc(C(F)(F)F)c1. The normalized spacial score (nSPS) is 11.5. The molecule has 4 aromatic rings. The molecule has 2 heterocycles. The number of alkyl halides is 3. The van der Waals surface area contributed by atoms with Crippen molar-refractivity contribution in [2.24, 2.45) is 7.05 Å². The van der Waals surface area contributed by atoms with Crippen LogP contribution in [-0.2, 0) is 13.2 Å². The lowest BCUT2D eigenvalue weighted by Gasteiger charge is -2.16. The summed E-state index contributed by atoms with van der Waals surface area (Å²) >= 11 is 0. The van der Waals surface area contributed by atoms with Gasteiger partial charge in [-0.15, -0.1) is 0 Å². The third kappa shape index (κ3) is 4.61. The lowest BCUT2D eigenvalue weighted by Crippen LogP contribution is -2.19. The third-order valence-electron chi connectivity index (χ3n) is 5.19. The van der Waals surface area contributed by atoms with Crippen molar-refractivity contribution in [2.75, 3.05) is 10.6 Å². The summed E-state index contributed by atoms with van der Waals surface area (Å²) in [6.07, 6.45) is -3.29. The average Bonchev–Trinajstić information content (AvgIpc) is 2.77. The van der Waals surface area contributed by atoms with Gasteiger partial charge in [-0.25, -0.2) is 9.37 Å². The van der Waals surface area contributed by atoms with E-state index in [4.69, 9.17) is 0 Å². The molecule has 0 saturated carbocycles. The Balaban J connectivity index is 1.81. The maximum Gasteiger partial charge on any atom is 0.416 e. The maximum atomic E-state index is 13.8. The van der Waals surface area contributed by atoms with E-state index in [9.17, 15) is 27.2 Å². The van der Waals surface area contributed by atoms with Gasteiger partial charge in [-0.3, -0.25) is 9.59 Å². The molecule has 0 aliphatic carbocycles. The van der Waals surface area contributed by atoms with Gasteiger partial charge in [-0.1, -0.05) is 18.2 Å². The van der Waals surface area contributed by atoms with Crippen LogP contribution >= 0.6 is 0 Å². The van der Waals surface area contributed by atoms with E-state index in [2.05, 4.69) is 15.6 Å². The number of aryl methyl sites for hydroxylation is 2. The zero-order valence-corrected chi connectivity index (χ0v) is 18.0. The number of anilines is 3. The number of hydrogen-bond acceptors (Lipinski definition) is 4. The Morgan fingerprint density at radius 1 is 1.03 bits per heavy atom. The molecule has 0 aliphatic heterocycles. The highest BCUT2D eigenvalue weighted by Gasteiger charge is 2.32. The first-order valence-corrected chi connectivity index (χ1v) is 10.0. The number of rotatable bonds is 4.